The Kier molecular flexibility index (Phi) is 4.30. The van der Waals surface area contributed by atoms with Crippen LogP contribution in [-0.4, -0.2) is 10.2 Å². The van der Waals surface area contributed by atoms with Crippen molar-refractivity contribution >= 4 is 44.3 Å². The van der Waals surface area contributed by atoms with Gasteiger partial charge in [-0.3, -0.25) is 0 Å². The van der Waals surface area contributed by atoms with Gasteiger partial charge in [0, 0.05) is 9.40 Å². The summed E-state index contributed by atoms with van der Waals surface area (Å²) in [5.74, 6) is 0.0838. The fourth-order valence-corrected chi connectivity index (χ4v) is 5.68. The average Bonchev–Trinajstić information content (AvgIpc) is 2.82. The number of benzene rings is 1. The smallest absolute Gasteiger partial charge is 0.144 e. The molecule has 4 unspecified atom stereocenters. The fourth-order valence-electron chi connectivity index (χ4n) is 3.14. The van der Waals surface area contributed by atoms with Crippen LogP contribution in [0.1, 0.15) is 43.6 Å². The highest BCUT2D eigenvalue weighted by molar-refractivity contribution is 7.77. The second-order valence-corrected chi connectivity index (χ2v) is 8.89. The van der Waals surface area contributed by atoms with Gasteiger partial charge in [0.2, 0.25) is 0 Å². The molecule has 4 atom stereocenters. The largest absolute Gasteiger partial charge is 0.388 e. The van der Waals surface area contributed by atoms with E-state index in [9.17, 15) is 10.2 Å². The van der Waals surface area contributed by atoms with E-state index in [1.54, 1.807) is 22.7 Å². The van der Waals surface area contributed by atoms with E-state index in [-0.39, 0.29) is 11.8 Å². The highest BCUT2D eigenvalue weighted by Crippen LogP contribution is 2.47. The molecule has 2 aromatic rings. The van der Waals surface area contributed by atoms with E-state index < -0.39 is 12.2 Å². The van der Waals surface area contributed by atoms with E-state index in [0.717, 1.165) is 30.1 Å². The molecule has 5 heteroatoms. The van der Waals surface area contributed by atoms with Crippen LogP contribution in [0.15, 0.2) is 24.3 Å². The third-order valence-corrected chi connectivity index (χ3v) is 6.97. The summed E-state index contributed by atoms with van der Waals surface area (Å²) < 4.78 is 3.10. The zero-order chi connectivity index (χ0) is 15.1. The first-order valence-electron chi connectivity index (χ1n) is 7.07. The van der Waals surface area contributed by atoms with Crippen LogP contribution in [0.4, 0.5) is 0 Å². The first-order valence-corrected chi connectivity index (χ1v) is 9.11. The van der Waals surface area contributed by atoms with Crippen LogP contribution < -0.4 is 0 Å². The van der Waals surface area contributed by atoms with Gasteiger partial charge >= 0.3 is 0 Å². The molecule has 0 amide bonds. The Bertz CT molecular complexity index is 744. The summed E-state index contributed by atoms with van der Waals surface area (Å²) in [4.78, 5) is 0. The summed E-state index contributed by atoms with van der Waals surface area (Å²) in [6.07, 6.45) is 3.79. The predicted octanol–water partition coefficient (Wildman–Crippen LogP) is 4.99. The van der Waals surface area contributed by atoms with E-state index in [2.05, 4.69) is 6.08 Å². The third-order valence-electron chi connectivity index (χ3n) is 4.40. The Morgan fingerprint density at radius 2 is 1.71 bits per heavy atom. The summed E-state index contributed by atoms with van der Waals surface area (Å²) in [6, 6.07) is 4.03. The van der Waals surface area contributed by atoms with E-state index >= 15 is 0 Å². The molecular formula is C16H18O2S3. The molecule has 3 rings (SSSR count). The number of aliphatic hydroxyl groups excluding tert-OH is 2. The average molecular weight is 339 g/mol. The van der Waals surface area contributed by atoms with Crippen molar-refractivity contribution in [2.24, 2.45) is 11.8 Å². The lowest BCUT2D eigenvalue weighted by molar-refractivity contribution is -0.00666. The molecule has 1 aliphatic rings. The topological polar surface area (TPSA) is 40.5 Å². The quantitative estimate of drug-likeness (QED) is 0.598. The van der Waals surface area contributed by atoms with Crippen molar-refractivity contribution in [2.75, 3.05) is 0 Å². The minimum atomic E-state index is -0.528. The Hall–Kier alpha value is -0.590. The molecule has 0 aliphatic heterocycles. The van der Waals surface area contributed by atoms with Crippen molar-refractivity contribution < 1.29 is 10.2 Å². The predicted molar refractivity (Wildman–Crippen MR) is 92.5 cm³/mol. The third kappa shape index (κ3) is 2.62. The van der Waals surface area contributed by atoms with E-state index in [1.165, 1.54) is 0 Å². The lowest BCUT2D eigenvalue weighted by Gasteiger charge is -2.38. The highest BCUT2D eigenvalue weighted by Gasteiger charge is 2.38. The zero-order valence-electron chi connectivity index (χ0n) is 11.9. The van der Waals surface area contributed by atoms with Gasteiger partial charge < -0.3 is 10.2 Å². The van der Waals surface area contributed by atoms with E-state index in [4.69, 9.17) is 12.2 Å². The second kappa shape index (κ2) is 5.89. The highest BCUT2D eigenvalue weighted by atomic mass is 32.2. The van der Waals surface area contributed by atoms with E-state index in [0.29, 0.717) is 0 Å². The molecular weight excluding hydrogens is 320 g/mol. The molecule has 1 aromatic carbocycles. The van der Waals surface area contributed by atoms with Crippen LogP contribution in [0.2, 0.25) is 0 Å². The van der Waals surface area contributed by atoms with Crippen LogP contribution in [-0.2, 0) is 0 Å². The summed E-state index contributed by atoms with van der Waals surface area (Å²) in [5.41, 5.74) is 1.73. The van der Waals surface area contributed by atoms with Gasteiger partial charge in [0.25, 0.3) is 0 Å². The molecule has 0 bridgehead atoms. The van der Waals surface area contributed by atoms with Gasteiger partial charge in [0.15, 0.2) is 0 Å². The number of hydrogen-bond acceptors (Lipinski definition) is 5. The molecule has 0 fully saturated rings. The lowest BCUT2D eigenvalue weighted by atomic mass is 9.71. The van der Waals surface area contributed by atoms with Crippen LogP contribution in [0.3, 0.4) is 0 Å². The first kappa shape index (κ1) is 15.3. The number of hydrogen-bond donors (Lipinski definition) is 2. The maximum absolute atomic E-state index is 10.7. The number of rotatable bonds is 2. The number of fused-ring (bicyclic) bond motifs is 2. The van der Waals surface area contributed by atoms with Crippen molar-refractivity contribution in [3.8, 4) is 0 Å². The maximum Gasteiger partial charge on any atom is 0.144 e. The second-order valence-electron chi connectivity index (χ2n) is 5.60. The molecule has 1 aromatic heterocycles. The van der Waals surface area contributed by atoms with Gasteiger partial charge in [-0.1, -0.05) is 31.3 Å². The lowest BCUT2D eigenvalue weighted by Crippen LogP contribution is -2.31. The van der Waals surface area contributed by atoms with E-state index in [1.807, 2.05) is 32.1 Å². The van der Waals surface area contributed by atoms with Crippen LogP contribution >= 0.6 is 34.9 Å². The minimum Gasteiger partial charge on any atom is -0.388 e. The molecule has 0 saturated carbocycles. The molecule has 1 heterocycles. The van der Waals surface area contributed by atoms with Gasteiger partial charge in [-0.15, -0.1) is 22.7 Å². The molecule has 2 nitrogen and oxygen atoms in total. The van der Waals surface area contributed by atoms with Crippen molar-refractivity contribution in [3.05, 3.63) is 38.5 Å². The summed E-state index contributed by atoms with van der Waals surface area (Å²) >= 11 is 8.40. The molecule has 2 N–H and O–H groups in total. The van der Waals surface area contributed by atoms with Gasteiger partial charge in [0.1, 0.15) is 3.14 Å². The fraction of sp³-hybridized carbons (Fsp3) is 0.438. The number of allylic oxidation sites excluding steroid dienone is 2. The maximum atomic E-state index is 10.7. The SMILES string of the molecule is C/C=C\CC1C(O)c2cc3sc(=S)sc3cc2C(O)C1C. The molecule has 0 spiro atoms. The van der Waals surface area contributed by atoms with Crippen molar-refractivity contribution in [3.63, 3.8) is 0 Å². The zero-order valence-corrected chi connectivity index (χ0v) is 14.4. The minimum absolute atomic E-state index is 0.0350. The van der Waals surface area contributed by atoms with Crippen LogP contribution in [0.5, 0.6) is 0 Å². The van der Waals surface area contributed by atoms with Crippen LogP contribution in [0.25, 0.3) is 9.40 Å². The number of aliphatic hydroxyl groups is 2. The van der Waals surface area contributed by atoms with Crippen molar-refractivity contribution in [2.45, 2.75) is 32.5 Å². The standard InChI is InChI=1S/C16H18O2S3/c1-3-4-5-9-8(2)14(17)10-6-12-13(21-16(19)20-12)7-11(10)15(9)18/h3-4,6-9,14-15,17-18H,5H2,1-2H3/b4-3-. The Balaban J connectivity index is 2.13. The summed E-state index contributed by atoms with van der Waals surface area (Å²) in [5, 5.41) is 21.4. The Morgan fingerprint density at radius 3 is 2.29 bits per heavy atom. The summed E-state index contributed by atoms with van der Waals surface area (Å²) in [6.45, 7) is 4.00. The Morgan fingerprint density at radius 1 is 1.14 bits per heavy atom. The molecule has 1 aliphatic carbocycles. The monoisotopic (exact) mass is 338 g/mol. The molecule has 0 saturated heterocycles. The van der Waals surface area contributed by atoms with Crippen molar-refractivity contribution in [1.82, 2.24) is 0 Å². The first-order chi connectivity index (χ1) is 10.0. The Labute approximate surface area is 137 Å². The normalized spacial score (nSPS) is 29.1. The van der Waals surface area contributed by atoms with Crippen LogP contribution in [0, 0.1) is 15.0 Å². The molecule has 0 radical (unpaired) electrons. The summed E-state index contributed by atoms with van der Waals surface area (Å²) in [7, 11) is 0. The van der Waals surface area contributed by atoms with Gasteiger partial charge in [-0.2, -0.15) is 0 Å². The van der Waals surface area contributed by atoms with Gasteiger partial charge in [0.05, 0.1) is 12.2 Å². The van der Waals surface area contributed by atoms with Crippen molar-refractivity contribution in [1.29, 1.82) is 0 Å². The molecule has 112 valence electrons. The van der Waals surface area contributed by atoms with Gasteiger partial charge in [-0.25, -0.2) is 0 Å². The van der Waals surface area contributed by atoms with Gasteiger partial charge in [-0.05, 0) is 48.4 Å². The molecule has 21 heavy (non-hydrogen) atoms.